The molecule has 1 amide bonds. The van der Waals surface area contributed by atoms with Crippen molar-refractivity contribution < 1.29 is 4.79 Å². The first-order valence-electron chi connectivity index (χ1n) is 8.72. The van der Waals surface area contributed by atoms with Gasteiger partial charge in [-0.15, -0.1) is 0 Å². The molecular formula is C17H31N3O. The van der Waals surface area contributed by atoms with Gasteiger partial charge in [0.1, 0.15) is 0 Å². The second-order valence-electron chi connectivity index (χ2n) is 8.35. The van der Waals surface area contributed by atoms with Gasteiger partial charge in [-0.25, -0.2) is 0 Å². The highest BCUT2D eigenvalue weighted by atomic mass is 16.1. The molecule has 4 heteroatoms. The average molecular weight is 293 g/mol. The standard InChI is InChI=1S/C17H31N3O/c1-16(2)8-4-10-20(12-16)14-5-3-9-17(11-14,15(18)21)19-13-6-7-13/h13-14,19H,3-12H2,1-2H3,(H2,18,21). The molecule has 21 heavy (non-hydrogen) atoms. The molecule has 3 N–H and O–H groups in total. The van der Waals surface area contributed by atoms with E-state index in [0.717, 1.165) is 25.8 Å². The number of hydrogen-bond acceptors (Lipinski definition) is 3. The van der Waals surface area contributed by atoms with Crippen LogP contribution in [0.15, 0.2) is 0 Å². The number of nitrogens with two attached hydrogens (primary N) is 1. The molecule has 0 radical (unpaired) electrons. The molecule has 0 aromatic heterocycles. The van der Waals surface area contributed by atoms with Crippen LogP contribution in [0, 0.1) is 5.41 Å². The van der Waals surface area contributed by atoms with Gasteiger partial charge >= 0.3 is 0 Å². The van der Waals surface area contributed by atoms with E-state index in [4.69, 9.17) is 5.73 Å². The largest absolute Gasteiger partial charge is 0.368 e. The highest BCUT2D eigenvalue weighted by molar-refractivity contribution is 5.85. The molecule has 3 fully saturated rings. The number of nitrogens with one attached hydrogen (secondary N) is 1. The molecule has 0 bridgehead atoms. The topological polar surface area (TPSA) is 58.4 Å². The van der Waals surface area contributed by atoms with E-state index < -0.39 is 5.54 Å². The van der Waals surface area contributed by atoms with Crippen LogP contribution in [-0.4, -0.2) is 41.5 Å². The minimum Gasteiger partial charge on any atom is -0.368 e. The highest BCUT2D eigenvalue weighted by Gasteiger charge is 2.46. The molecule has 2 aliphatic carbocycles. The van der Waals surface area contributed by atoms with E-state index in [1.54, 1.807) is 0 Å². The Kier molecular flexibility index (Phi) is 4.04. The third-order valence-electron chi connectivity index (χ3n) is 5.70. The lowest BCUT2D eigenvalue weighted by Gasteiger charge is -2.48. The van der Waals surface area contributed by atoms with Crippen molar-refractivity contribution in [1.29, 1.82) is 0 Å². The smallest absolute Gasteiger partial charge is 0.237 e. The number of carbonyl (C=O) groups excluding carboxylic acids is 1. The van der Waals surface area contributed by atoms with Crippen molar-refractivity contribution in [3.05, 3.63) is 0 Å². The number of rotatable bonds is 4. The van der Waals surface area contributed by atoms with Gasteiger partial charge in [0, 0.05) is 18.6 Å². The maximum absolute atomic E-state index is 12.1. The number of carbonyl (C=O) groups is 1. The van der Waals surface area contributed by atoms with E-state index in [2.05, 4.69) is 24.1 Å². The number of hydrogen-bond donors (Lipinski definition) is 2. The predicted molar refractivity (Wildman–Crippen MR) is 84.9 cm³/mol. The van der Waals surface area contributed by atoms with Gasteiger partial charge in [-0.2, -0.15) is 0 Å². The average Bonchev–Trinajstić information content (AvgIpc) is 3.21. The molecule has 0 spiro atoms. The summed E-state index contributed by atoms with van der Waals surface area (Å²) in [4.78, 5) is 14.8. The van der Waals surface area contributed by atoms with Crippen molar-refractivity contribution in [2.24, 2.45) is 11.1 Å². The third kappa shape index (κ3) is 3.42. The summed E-state index contributed by atoms with van der Waals surface area (Å²) in [5, 5.41) is 3.59. The van der Waals surface area contributed by atoms with Crippen LogP contribution in [0.3, 0.4) is 0 Å². The van der Waals surface area contributed by atoms with Crippen molar-refractivity contribution >= 4 is 5.91 Å². The molecule has 1 saturated heterocycles. The Balaban J connectivity index is 1.70. The maximum Gasteiger partial charge on any atom is 0.237 e. The highest BCUT2D eigenvalue weighted by Crippen LogP contribution is 2.37. The summed E-state index contributed by atoms with van der Waals surface area (Å²) in [5.74, 6) is -0.129. The zero-order valence-corrected chi connectivity index (χ0v) is 13.7. The van der Waals surface area contributed by atoms with E-state index in [9.17, 15) is 4.79 Å². The number of nitrogens with zero attached hydrogens (tertiary/aromatic N) is 1. The van der Waals surface area contributed by atoms with E-state index >= 15 is 0 Å². The van der Waals surface area contributed by atoms with Gasteiger partial charge in [0.15, 0.2) is 0 Å². The lowest BCUT2D eigenvalue weighted by atomic mass is 9.75. The lowest BCUT2D eigenvalue weighted by Crippen LogP contribution is -2.62. The lowest BCUT2D eigenvalue weighted by molar-refractivity contribution is -0.127. The van der Waals surface area contributed by atoms with Crippen LogP contribution < -0.4 is 11.1 Å². The van der Waals surface area contributed by atoms with Crippen LogP contribution in [-0.2, 0) is 4.79 Å². The first-order chi connectivity index (χ1) is 9.90. The quantitative estimate of drug-likeness (QED) is 0.834. The van der Waals surface area contributed by atoms with E-state index in [1.807, 2.05) is 0 Å². The van der Waals surface area contributed by atoms with Crippen LogP contribution in [0.4, 0.5) is 0 Å². The summed E-state index contributed by atoms with van der Waals surface area (Å²) in [6.45, 7) is 7.08. The van der Waals surface area contributed by atoms with Crippen molar-refractivity contribution in [1.82, 2.24) is 10.2 Å². The van der Waals surface area contributed by atoms with Crippen molar-refractivity contribution in [3.8, 4) is 0 Å². The Morgan fingerprint density at radius 1 is 1.19 bits per heavy atom. The molecule has 0 aromatic carbocycles. The maximum atomic E-state index is 12.1. The number of primary amides is 1. The molecule has 3 aliphatic rings. The molecule has 2 atom stereocenters. The molecule has 3 rings (SSSR count). The van der Waals surface area contributed by atoms with Crippen LogP contribution in [0.5, 0.6) is 0 Å². The molecule has 1 heterocycles. The fourth-order valence-corrected chi connectivity index (χ4v) is 4.38. The Hall–Kier alpha value is -0.610. The fourth-order valence-electron chi connectivity index (χ4n) is 4.38. The first-order valence-corrected chi connectivity index (χ1v) is 8.72. The minimum atomic E-state index is -0.439. The van der Waals surface area contributed by atoms with Gasteiger partial charge in [-0.1, -0.05) is 13.8 Å². The number of amides is 1. The summed E-state index contributed by atoms with van der Waals surface area (Å²) in [5.41, 5.74) is 5.78. The van der Waals surface area contributed by atoms with Crippen molar-refractivity contribution in [3.63, 3.8) is 0 Å². The van der Waals surface area contributed by atoms with Gasteiger partial charge < -0.3 is 11.1 Å². The van der Waals surface area contributed by atoms with E-state index in [-0.39, 0.29) is 5.91 Å². The molecule has 120 valence electrons. The second kappa shape index (κ2) is 5.54. The van der Waals surface area contributed by atoms with Gasteiger partial charge in [-0.3, -0.25) is 9.69 Å². The summed E-state index contributed by atoms with van der Waals surface area (Å²) >= 11 is 0. The van der Waals surface area contributed by atoms with E-state index in [1.165, 1.54) is 38.6 Å². The summed E-state index contributed by atoms with van der Waals surface area (Å²) in [6, 6.07) is 1.06. The van der Waals surface area contributed by atoms with Gasteiger partial charge in [0.2, 0.25) is 5.91 Å². The third-order valence-corrected chi connectivity index (χ3v) is 5.70. The van der Waals surface area contributed by atoms with E-state index in [0.29, 0.717) is 17.5 Å². The Morgan fingerprint density at radius 3 is 2.57 bits per heavy atom. The van der Waals surface area contributed by atoms with Gasteiger partial charge in [-0.05, 0) is 63.3 Å². The first kappa shape index (κ1) is 15.3. The number of piperidine rings is 1. The summed E-state index contributed by atoms with van der Waals surface area (Å²) in [6.07, 6.45) is 9.18. The van der Waals surface area contributed by atoms with Crippen LogP contribution in [0.2, 0.25) is 0 Å². The predicted octanol–water partition coefficient (Wildman–Crippen LogP) is 2.03. The SMILES string of the molecule is CC1(C)CCCN(C2CCCC(NC3CC3)(C(N)=O)C2)C1. The fraction of sp³-hybridized carbons (Fsp3) is 0.941. The summed E-state index contributed by atoms with van der Waals surface area (Å²) in [7, 11) is 0. The Bertz CT molecular complexity index is 405. The molecule has 0 aromatic rings. The van der Waals surface area contributed by atoms with Crippen molar-refractivity contribution in [2.45, 2.75) is 82.8 Å². The summed E-state index contributed by atoms with van der Waals surface area (Å²) < 4.78 is 0. The normalized spacial score (nSPS) is 37.3. The van der Waals surface area contributed by atoms with Gasteiger partial charge in [0.05, 0.1) is 5.54 Å². The molecule has 4 nitrogen and oxygen atoms in total. The monoisotopic (exact) mass is 293 g/mol. The van der Waals surface area contributed by atoms with Crippen LogP contribution in [0.25, 0.3) is 0 Å². The molecule has 2 unspecified atom stereocenters. The molecular weight excluding hydrogens is 262 g/mol. The number of likely N-dealkylation sites (tertiary alicyclic amines) is 1. The molecule has 2 saturated carbocycles. The minimum absolute atomic E-state index is 0.129. The second-order valence-corrected chi connectivity index (χ2v) is 8.35. The zero-order valence-electron chi connectivity index (χ0n) is 13.7. The Labute approximate surface area is 128 Å². The van der Waals surface area contributed by atoms with Crippen LogP contribution >= 0.6 is 0 Å². The zero-order chi connectivity index (χ0) is 15.1. The van der Waals surface area contributed by atoms with Gasteiger partial charge in [0.25, 0.3) is 0 Å². The van der Waals surface area contributed by atoms with Crippen molar-refractivity contribution in [2.75, 3.05) is 13.1 Å². The molecule has 1 aliphatic heterocycles. The Morgan fingerprint density at radius 2 is 1.95 bits per heavy atom. The van der Waals surface area contributed by atoms with Crippen LogP contribution in [0.1, 0.15) is 65.2 Å².